The Kier molecular flexibility index (Phi) is 5.47. The van der Waals surface area contributed by atoms with Crippen molar-refractivity contribution in [2.45, 2.75) is 4.90 Å². The van der Waals surface area contributed by atoms with Crippen molar-refractivity contribution in [3.8, 4) is 22.4 Å². The molecule has 0 unspecified atom stereocenters. The molecule has 5 nitrogen and oxygen atoms in total. The van der Waals surface area contributed by atoms with Crippen molar-refractivity contribution in [3.63, 3.8) is 0 Å². The molecule has 3 heterocycles. The van der Waals surface area contributed by atoms with Gasteiger partial charge in [0, 0.05) is 16.7 Å². The first-order valence-electron chi connectivity index (χ1n) is 9.65. The Bertz CT molecular complexity index is 1190. The Hall–Kier alpha value is -2.39. The second-order valence-electron chi connectivity index (χ2n) is 7.03. The fraction of sp³-hybridized carbons (Fsp3) is 0.182. The number of halogens is 1. The fourth-order valence-electron chi connectivity index (χ4n) is 3.49. The molecule has 2 aromatic carbocycles. The van der Waals surface area contributed by atoms with Gasteiger partial charge in [-0.1, -0.05) is 35.4 Å². The third-order valence-corrected chi connectivity index (χ3v) is 7.52. The van der Waals surface area contributed by atoms with Gasteiger partial charge in [0.1, 0.15) is 22.8 Å². The summed E-state index contributed by atoms with van der Waals surface area (Å²) in [5.74, 6) is 1.07. The molecule has 1 saturated heterocycles. The molecule has 1 aliphatic rings. The lowest BCUT2D eigenvalue weighted by Crippen LogP contribution is -2.36. The van der Waals surface area contributed by atoms with Gasteiger partial charge >= 0.3 is 0 Å². The van der Waals surface area contributed by atoms with Gasteiger partial charge in [0.2, 0.25) is 0 Å². The number of aromatic amines is 1. The summed E-state index contributed by atoms with van der Waals surface area (Å²) in [5.41, 5.74) is 4.12. The molecular formula is C22H19FN4OS2. The number of benzene rings is 2. The summed E-state index contributed by atoms with van der Waals surface area (Å²) in [6.07, 6.45) is 3.35. The van der Waals surface area contributed by atoms with E-state index >= 15 is 4.39 Å². The average Bonchev–Trinajstić information content (AvgIpc) is 3.23. The lowest BCUT2D eigenvalue weighted by atomic mass is 10.0. The van der Waals surface area contributed by atoms with Crippen LogP contribution in [-0.4, -0.2) is 48.4 Å². The minimum Gasteiger partial charge on any atom is -0.616 e. The maximum absolute atomic E-state index is 15.1. The highest BCUT2D eigenvalue weighted by molar-refractivity contribution is 7.97. The van der Waals surface area contributed by atoms with E-state index in [-0.39, 0.29) is 5.82 Å². The first kappa shape index (κ1) is 19.6. The fourth-order valence-corrected chi connectivity index (χ4v) is 5.84. The van der Waals surface area contributed by atoms with Gasteiger partial charge in [0.25, 0.3) is 0 Å². The second kappa shape index (κ2) is 8.39. The standard InChI is InChI=1S/C22H19FN4OS2/c23-18-13-15(5-6-17(18)20-14-25-22-19(26-20)7-8-24-22)16-3-1-2-4-21(16)29-27-9-11-30(28)12-10-27/h1-8,13-14H,9-12H2,(H,24,25). The Labute approximate surface area is 181 Å². The number of nitrogens with zero attached hydrogens (tertiary/aromatic N) is 3. The van der Waals surface area contributed by atoms with Gasteiger partial charge in [-0.15, -0.1) is 0 Å². The summed E-state index contributed by atoms with van der Waals surface area (Å²) in [5, 5.41) is 0. The van der Waals surface area contributed by atoms with Gasteiger partial charge in [-0.05, 0) is 47.3 Å². The molecule has 152 valence electrons. The molecule has 0 atom stereocenters. The molecule has 30 heavy (non-hydrogen) atoms. The van der Waals surface area contributed by atoms with Crippen LogP contribution < -0.4 is 0 Å². The van der Waals surface area contributed by atoms with Gasteiger partial charge in [-0.2, -0.15) is 0 Å². The Morgan fingerprint density at radius 2 is 1.90 bits per heavy atom. The number of hydrogen-bond donors (Lipinski definition) is 1. The van der Waals surface area contributed by atoms with Crippen LogP contribution in [0.4, 0.5) is 4.39 Å². The zero-order valence-corrected chi connectivity index (χ0v) is 17.7. The molecule has 8 heteroatoms. The summed E-state index contributed by atoms with van der Waals surface area (Å²) in [6.45, 7) is 1.58. The average molecular weight is 439 g/mol. The molecule has 0 spiro atoms. The van der Waals surface area contributed by atoms with E-state index < -0.39 is 11.2 Å². The van der Waals surface area contributed by atoms with Gasteiger partial charge in [-0.3, -0.25) is 0 Å². The molecule has 0 radical (unpaired) electrons. The molecule has 2 aromatic heterocycles. The van der Waals surface area contributed by atoms with E-state index in [4.69, 9.17) is 0 Å². The predicted molar refractivity (Wildman–Crippen MR) is 120 cm³/mol. The minimum atomic E-state index is -0.708. The van der Waals surface area contributed by atoms with Gasteiger partial charge in [0.15, 0.2) is 5.65 Å². The van der Waals surface area contributed by atoms with Crippen LogP contribution in [0.3, 0.4) is 0 Å². The van der Waals surface area contributed by atoms with Crippen molar-refractivity contribution in [1.29, 1.82) is 0 Å². The highest BCUT2D eigenvalue weighted by Gasteiger charge is 2.21. The lowest BCUT2D eigenvalue weighted by Gasteiger charge is -2.27. The minimum absolute atomic E-state index is 0.329. The normalized spacial score (nSPS) is 15.7. The summed E-state index contributed by atoms with van der Waals surface area (Å²) < 4.78 is 28.9. The number of H-pyrrole nitrogens is 1. The predicted octanol–water partition coefficient (Wildman–Crippen LogP) is 4.50. The molecule has 5 rings (SSSR count). The van der Waals surface area contributed by atoms with Gasteiger partial charge < -0.3 is 9.54 Å². The quantitative estimate of drug-likeness (QED) is 0.375. The summed E-state index contributed by atoms with van der Waals surface area (Å²) in [7, 11) is 0. The van der Waals surface area contributed by atoms with Crippen LogP contribution in [0.15, 0.2) is 65.8 Å². The molecular weight excluding hydrogens is 419 g/mol. The molecule has 0 saturated carbocycles. The number of hydrogen-bond acceptors (Lipinski definition) is 5. The third kappa shape index (κ3) is 3.96. The monoisotopic (exact) mass is 438 g/mol. The van der Waals surface area contributed by atoms with E-state index in [0.717, 1.165) is 29.1 Å². The Morgan fingerprint density at radius 1 is 1.07 bits per heavy atom. The molecule has 4 aromatic rings. The van der Waals surface area contributed by atoms with Crippen molar-refractivity contribution in [1.82, 2.24) is 19.3 Å². The number of rotatable bonds is 4. The Morgan fingerprint density at radius 3 is 2.73 bits per heavy atom. The van der Waals surface area contributed by atoms with Crippen LogP contribution in [0.1, 0.15) is 0 Å². The van der Waals surface area contributed by atoms with E-state index in [0.29, 0.717) is 33.9 Å². The van der Waals surface area contributed by atoms with Crippen molar-refractivity contribution in [3.05, 3.63) is 66.7 Å². The summed E-state index contributed by atoms with van der Waals surface area (Å²) in [6, 6.07) is 15.1. The zero-order chi connectivity index (χ0) is 20.5. The smallest absolute Gasteiger partial charge is 0.156 e. The number of nitrogens with one attached hydrogen (secondary N) is 1. The molecule has 1 aliphatic heterocycles. The molecule has 1 fully saturated rings. The van der Waals surface area contributed by atoms with Crippen molar-refractivity contribution < 1.29 is 8.94 Å². The largest absolute Gasteiger partial charge is 0.616 e. The summed E-state index contributed by atoms with van der Waals surface area (Å²) in [4.78, 5) is 12.9. The zero-order valence-electron chi connectivity index (χ0n) is 16.0. The van der Waals surface area contributed by atoms with Crippen LogP contribution in [0.5, 0.6) is 0 Å². The lowest BCUT2D eigenvalue weighted by molar-refractivity contribution is 0.489. The van der Waals surface area contributed by atoms with Gasteiger partial charge in [-0.25, -0.2) is 18.7 Å². The van der Waals surface area contributed by atoms with Gasteiger partial charge in [0.05, 0.1) is 25.0 Å². The van der Waals surface area contributed by atoms with Crippen LogP contribution in [0, 0.1) is 5.82 Å². The topological polar surface area (TPSA) is 67.9 Å². The third-order valence-electron chi connectivity index (χ3n) is 5.07. The van der Waals surface area contributed by atoms with E-state index in [1.807, 2.05) is 36.4 Å². The first-order valence-corrected chi connectivity index (χ1v) is 11.9. The molecule has 0 amide bonds. The van der Waals surface area contributed by atoms with E-state index in [2.05, 4.69) is 19.3 Å². The van der Waals surface area contributed by atoms with Crippen molar-refractivity contribution >= 4 is 34.3 Å². The molecule has 1 N–H and O–H groups in total. The SMILES string of the molecule is [O-][S+]1CCN(Sc2ccccc2-c2ccc(-c3cnc4[nH]ccc4n3)c(F)c2)CC1. The van der Waals surface area contributed by atoms with E-state index in [1.165, 1.54) is 0 Å². The summed E-state index contributed by atoms with van der Waals surface area (Å²) >= 11 is 0.939. The van der Waals surface area contributed by atoms with Crippen LogP contribution in [-0.2, 0) is 11.2 Å². The number of fused-ring (bicyclic) bond motifs is 1. The van der Waals surface area contributed by atoms with Crippen LogP contribution >= 0.6 is 11.9 Å². The van der Waals surface area contributed by atoms with Crippen molar-refractivity contribution in [2.75, 3.05) is 24.6 Å². The number of aromatic nitrogens is 3. The molecule has 0 aliphatic carbocycles. The van der Waals surface area contributed by atoms with E-state index in [9.17, 15) is 4.55 Å². The highest BCUT2D eigenvalue weighted by atomic mass is 32.2. The maximum Gasteiger partial charge on any atom is 0.156 e. The van der Waals surface area contributed by atoms with E-state index in [1.54, 1.807) is 36.5 Å². The maximum atomic E-state index is 15.1. The van der Waals surface area contributed by atoms with Crippen LogP contribution in [0.25, 0.3) is 33.5 Å². The molecule has 0 bridgehead atoms. The van der Waals surface area contributed by atoms with Crippen molar-refractivity contribution in [2.24, 2.45) is 0 Å². The Balaban J connectivity index is 1.44. The highest BCUT2D eigenvalue weighted by Crippen LogP contribution is 2.35. The second-order valence-corrected chi connectivity index (χ2v) is 9.86. The first-order chi connectivity index (χ1) is 14.7. The van der Waals surface area contributed by atoms with Crippen LogP contribution in [0.2, 0.25) is 0 Å².